The van der Waals surface area contributed by atoms with E-state index in [0.717, 1.165) is 17.9 Å². The van der Waals surface area contributed by atoms with Crippen LogP contribution in [-0.2, 0) is 18.6 Å². The van der Waals surface area contributed by atoms with Crippen LogP contribution in [0.5, 0.6) is 0 Å². The van der Waals surface area contributed by atoms with Gasteiger partial charge in [-0.1, -0.05) is 45.0 Å². The van der Waals surface area contributed by atoms with Gasteiger partial charge in [0.05, 0.1) is 7.05 Å². The number of nitrogens with zero attached hydrogens (tertiary/aromatic N) is 4. The number of fused-ring (bicyclic) bond motifs is 1. The minimum atomic E-state index is 0.184. The van der Waals surface area contributed by atoms with Crippen LogP contribution in [0.4, 0.5) is 0 Å². The number of aromatic nitrogens is 4. The lowest BCUT2D eigenvalue weighted by Gasteiger charge is -2.19. The summed E-state index contributed by atoms with van der Waals surface area (Å²) in [7, 11) is 2.16. The minimum absolute atomic E-state index is 0.184. The van der Waals surface area contributed by atoms with Gasteiger partial charge >= 0.3 is 0 Å². The highest BCUT2D eigenvalue weighted by Crippen LogP contribution is 2.21. The van der Waals surface area contributed by atoms with E-state index in [0.29, 0.717) is 17.2 Å². The third-order valence-electron chi connectivity index (χ3n) is 4.61. The van der Waals surface area contributed by atoms with Crippen molar-refractivity contribution in [1.29, 1.82) is 0 Å². The largest absolute Gasteiger partial charge is 0.315 e. The van der Waals surface area contributed by atoms with Crippen LogP contribution in [0, 0.1) is 18.6 Å². The molecular weight excluding hydrogens is 342 g/mol. The van der Waals surface area contributed by atoms with E-state index in [1.54, 1.807) is 0 Å². The number of nitrogens with one attached hydrogen (secondary N) is 1. The Bertz CT molecular complexity index is 976. The second kappa shape index (κ2) is 6.93. The van der Waals surface area contributed by atoms with E-state index in [4.69, 9.17) is 12.2 Å². The molecule has 0 bridgehead atoms. The smallest absolute Gasteiger partial charge is 0.254 e. The van der Waals surface area contributed by atoms with Crippen molar-refractivity contribution in [2.24, 2.45) is 0 Å². The van der Waals surface area contributed by atoms with Gasteiger partial charge in [0.25, 0.3) is 5.78 Å². The second-order valence-electron chi connectivity index (χ2n) is 8.20. The number of hydrogen-bond donors (Lipinski definition) is 1. The molecule has 3 rings (SSSR count). The fourth-order valence-corrected chi connectivity index (χ4v) is 3.55. The second-order valence-corrected chi connectivity index (χ2v) is 8.56. The van der Waals surface area contributed by atoms with Crippen molar-refractivity contribution in [3.05, 3.63) is 57.6 Å². The summed E-state index contributed by atoms with van der Waals surface area (Å²) in [4.78, 5) is 5.82. The first kappa shape index (κ1) is 18.7. The van der Waals surface area contributed by atoms with E-state index in [9.17, 15) is 0 Å². The van der Waals surface area contributed by atoms with Gasteiger partial charge < -0.3 is 4.90 Å². The fraction of sp³-hybridized carbons (Fsp3) is 0.450. The summed E-state index contributed by atoms with van der Waals surface area (Å²) in [6.45, 7) is 12.4. The molecule has 1 unspecified atom stereocenters. The van der Waals surface area contributed by atoms with Gasteiger partial charge in [-0.2, -0.15) is 4.68 Å². The molecule has 0 aliphatic heterocycles. The molecule has 2 aromatic heterocycles. The Kier molecular flexibility index (Phi) is 4.99. The van der Waals surface area contributed by atoms with E-state index in [2.05, 4.69) is 62.2 Å². The summed E-state index contributed by atoms with van der Waals surface area (Å²) in [6.07, 6.45) is 0. The highest BCUT2D eigenvalue weighted by molar-refractivity contribution is 7.71. The van der Waals surface area contributed by atoms with Gasteiger partial charge in [-0.3, -0.25) is 4.40 Å². The Morgan fingerprint density at radius 1 is 1.12 bits per heavy atom. The zero-order valence-corrected chi connectivity index (χ0v) is 17.3. The van der Waals surface area contributed by atoms with Gasteiger partial charge in [0, 0.05) is 17.0 Å². The third kappa shape index (κ3) is 3.86. The van der Waals surface area contributed by atoms with E-state index >= 15 is 0 Å². The van der Waals surface area contributed by atoms with Gasteiger partial charge in [-0.05, 0) is 43.1 Å². The number of rotatable bonds is 4. The molecule has 1 N–H and O–H groups in total. The summed E-state index contributed by atoms with van der Waals surface area (Å²) >= 11 is 5.61. The molecule has 0 amide bonds. The predicted octanol–water partition coefficient (Wildman–Crippen LogP) is 2.85. The molecule has 2 heterocycles. The summed E-state index contributed by atoms with van der Waals surface area (Å²) in [5.74, 6) is 0.676. The minimum Gasteiger partial charge on any atom is -0.315 e. The maximum absolute atomic E-state index is 5.61. The standard InChI is InChI=1S/C20H27N5S/c1-14-11-15(2)25-18(21-14)22-24(19(25)26)13-23(6)12-16-7-9-17(10-8-16)20(3,4)5/h7-11H,12-13H2,1-6H3/p+1. The highest BCUT2D eigenvalue weighted by atomic mass is 32.1. The van der Waals surface area contributed by atoms with Gasteiger partial charge in [0.15, 0.2) is 6.67 Å². The van der Waals surface area contributed by atoms with Gasteiger partial charge in [0.1, 0.15) is 6.54 Å². The van der Waals surface area contributed by atoms with Crippen LogP contribution in [0.2, 0.25) is 0 Å². The Labute approximate surface area is 160 Å². The molecule has 0 aliphatic carbocycles. The Balaban J connectivity index is 1.77. The van der Waals surface area contributed by atoms with Crippen molar-refractivity contribution in [3.63, 3.8) is 0 Å². The molecule has 138 valence electrons. The van der Waals surface area contributed by atoms with Gasteiger partial charge in [0.2, 0.25) is 4.77 Å². The maximum atomic E-state index is 5.61. The first-order chi connectivity index (χ1) is 12.1. The molecule has 26 heavy (non-hydrogen) atoms. The summed E-state index contributed by atoms with van der Waals surface area (Å²) in [6, 6.07) is 10.9. The Morgan fingerprint density at radius 2 is 1.77 bits per heavy atom. The molecule has 0 aliphatic rings. The molecule has 0 saturated heterocycles. The SMILES string of the molecule is Cc1cc(C)n2c(=S)n(C[NH+](C)Cc3ccc(C(C)(C)C)cc3)nc2n1. The van der Waals surface area contributed by atoms with E-state index in [1.807, 2.05) is 29.0 Å². The maximum Gasteiger partial charge on any atom is 0.254 e. The zero-order chi connectivity index (χ0) is 19.1. The van der Waals surface area contributed by atoms with Crippen LogP contribution in [0.15, 0.2) is 30.3 Å². The summed E-state index contributed by atoms with van der Waals surface area (Å²) < 4.78 is 4.52. The van der Waals surface area contributed by atoms with Crippen molar-refractivity contribution in [1.82, 2.24) is 19.2 Å². The number of benzene rings is 1. The molecular formula is C20H28N5S+. The molecule has 0 radical (unpaired) electrons. The molecule has 5 nitrogen and oxygen atoms in total. The Morgan fingerprint density at radius 3 is 2.38 bits per heavy atom. The van der Waals surface area contributed by atoms with Crippen molar-refractivity contribution >= 4 is 18.0 Å². The molecule has 1 atom stereocenters. The number of hydrogen-bond acceptors (Lipinski definition) is 3. The van der Waals surface area contributed by atoms with Crippen LogP contribution < -0.4 is 4.90 Å². The van der Waals surface area contributed by atoms with Gasteiger partial charge in [-0.15, -0.1) is 5.10 Å². The Hall–Kier alpha value is -2.05. The predicted molar refractivity (Wildman–Crippen MR) is 107 cm³/mol. The first-order valence-corrected chi connectivity index (χ1v) is 9.40. The fourth-order valence-electron chi connectivity index (χ4n) is 3.22. The third-order valence-corrected chi connectivity index (χ3v) is 5.01. The van der Waals surface area contributed by atoms with Crippen molar-refractivity contribution < 1.29 is 4.90 Å². The number of aryl methyl sites for hydroxylation is 2. The van der Waals surface area contributed by atoms with Crippen molar-refractivity contribution in [2.45, 2.75) is 53.2 Å². The molecule has 6 heteroatoms. The van der Waals surface area contributed by atoms with Gasteiger partial charge in [-0.25, -0.2) is 4.98 Å². The lowest BCUT2D eigenvalue weighted by atomic mass is 9.87. The topological polar surface area (TPSA) is 39.6 Å². The zero-order valence-electron chi connectivity index (χ0n) is 16.5. The van der Waals surface area contributed by atoms with Crippen LogP contribution >= 0.6 is 12.2 Å². The molecule has 1 aromatic carbocycles. The van der Waals surface area contributed by atoms with E-state index in [1.165, 1.54) is 16.0 Å². The first-order valence-electron chi connectivity index (χ1n) is 8.99. The summed E-state index contributed by atoms with van der Waals surface area (Å²) in [5, 5.41) is 4.61. The van der Waals surface area contributed by atoms with Crippen LogP contribution in [0.3, 0.4) is 0 Å². The normalized spacial score (nSPS) is 13.3. The average Bonchev–Trinajstić information content (AvgIpc) is 2.82. The molecule has 0 fully saturated rings. The van der Waals surface area contributed by atoms with E-state index < -0.39 is 0 Å². The lowest BCUT2D eigenvalue weighted by Crippen LogP contribution is -3.07. The highest BCUT2D eigenvalue weighted by Gasteiger charge is 2.15. The summed E-state index contributed by atoms with van der Waals surface area (Å²) in [5.41, 5.74) is 4.89. The molecule has 0 spiro atoms. The van der Waals surface area contributed by atoms with E-state index in [-0.39, 0.29) is 5.41 Å². The van der Waals surface area contributed by atoms with Crippen LogP contribution in [0.25, 0.3) is 5.78 Å². The van der Waals surface area contributed by atoms with Crippen molar-refractivity contribution in [3.8, 4) is 0 Å². The average molecular weight is 371 g/mol. The molecule has 0 saturated carbocycles. The van der Waals surface area contributed by atoms with Crippen LogP contribution in [0.1, 0.15) is 43.3 Å². The lowest BCUT2D eigenvalue weighted by molar-refractivity contribution is -0.917. The van der Waals surface area contributed by atoms with Crippen LogP contribution in [-0.4, -0.2) is 26.2 Å². The van der Waals surface area contributed by atoms with Crippen molar-refractivity contribution in [2.75, 3.05) is 7.05 Å². The number of quaternary nitrogens is 1. The quantitative estimate of drug-likeness (QED) is 0.718. The monoisotopic (exact) mass is 370 g/mol. The molecule has 3 aromatic rings.